The van der Waals surface area contributed by atoms with E-state index in [4.69, 9.17) is 13.6 Å². The van der Waals surface area contributed by atoms with Crippen molar-refractivity contribution >= 4 is 28.4 Å². The van der Waals surface area contributed by atoms with Gasteiger partial charge in [0.2, 0.25) is 11.8 Å². The third kappa shape index (κ3) is 5.33. The maximum atomic E-state index is 12.4. The summed E-state index contributed by atoms with van der Waals surface area (Å²) < 4.78 is 19.5. The van der Waals surface area contributed by atoms with Crippen LogP contribution in [-0.2, 0) is 23.2 Å². The Bertz CT molecular complexity index is 681. The highest BCUT2D eigenvalue weighted by Crippen LogP contribution is 2.43. The number of ether oxygens (including phenoxy) is 1. The number of imide groups is 1. The van der Waals surface area contributed by atoms with E-state index in [9.17, 15) is 14.7 Å². The lowest BCUT2D eigenvalue weighted by molar-refractivity contribution is -0.242. The quantitative estimate of drug-likeness (QED) is 0.479. The number of carbonyl (C=O) groups is 2. The van der Waals surface area contributed by atoms with Crippen molar-refractivity contribution in [2.75, 3.05) is 0 Å². The molecule has 2 saturated heterocycles. The molecule has 0 saturated carbocycles. The van der Waals surface area contributed by atoms with E-state index in [1.807, 2.05) is 6.92 Å². The first-order valence-electron chi connectivity index (χ1n) is 11.3. The summed E-state index contributed by atoms with van der Waals surface area (Å²) in [5.41, 5.74) is 0. The van der Waals surface area contributed by atoms with Crippen LogP contribution in [0.5, 0.6) is 0 Å². The summed E-state index contributed by atoms with van der Waals surface area (Å²) >= 11 is 0. The maximum Gasteiger partial charge on any atom is 0.231 e. The molecule has 2 aliphatic heterocycles. The minimum atomic E-state index is -2.30. The monoisotopic (exact) mass is 473 g/mol. The van der Waals surface area contributed by atoms with Crippen LogP contribution in [0.15, 0.2) is 0 Å². The Labute approximate surface area is 190 Å². The zero-order valence-electron chi connectivity index (χ0n) is 21.2. The largest absolute Gasteiger partial charge is 0.409 e. The average Bonchev–Trinajstić information content (AvgIpc) is 2.90. The van der Waals surface area contributed by atoms with E-state index in [0.717, 1.165) is 4.90 Å². The van der Waals surface area contributed by atoms with Crippen molar-refractivity contribution in [1.82, 2.24) is 4.90 Å². The third-order valence-electron chi connectivity index (χ3n) is 7.59. The zero-order valence-corrected chi connectivity index (χ0v) is 23.2. The van der Waals surface area contributed by atoms with Gasteiger partial charge in [-0.1, -0.05) is 41.5 Å². The molecule has 0 aromatic carbocycles. The maximum absolute atomic E-state index is 12.4. The minimum Gasteiger partial charge on any atom is -0.409 e. The van der Waals surface area contributed by atoms with Crippen molar-refractivity contribution in [3.05, 3.63) is 0 Å². The zero-order chi connectivity index (χ0) is 24.2. The molecule has 0 bridgehead atoms. The van der Waals surface area contributed by atoms with Crippen molar-refractivity contribution < 1.29 is 28.3 Å². The van der Waals surface area contributed by atoms with Gasteiger partial charge in [-0.15, -0.1) is 0 Å². The van der Waals surface area contributed by atoms with Gasteiger partial charge in [-0.05, 0) is 43.2 Å². The summed E-state index contributed by atoms with van der Waals surface area (Å²) in [6.07, 6.45) is -3.55. The molecule has 0 aliphatic carbocycles. The first kappa shape index (κ1) is 26.7. The molecular formula is C22H43NO6Si2. The predicted octanol–water partition coefficient (Wildman–Crippen LogP) is 4.02. The van der Waals surface area contributed by atoms with Crippen LogP contribution in [0, 0.1) is 0 Å². The second-order valence-corrected chi connectivity index (χ2v) is 21.6. The van der Waals surface area contributed by atoms with Crippen LogP contribution in [0.2, 0.25) is 36.3 Å². The van der Waals surface area contributed by atoms with E-state index in [0.29, 0.717) is 0 Å². The number of nitrogens with zero attached hydrogens (tertiary/aromatic N) is 1. The number of hydrogen-bond donors (Lipinski definition) is 1. The van der Waals surface area contributed by atoms with Gasteiger partial charge in [-0.2, -0.15) is 0 Å². The molecule has 0 aromatic heterocycles. The van der Waals surface area contributed by atoms with Gasteiger partial charge in [0.05, 0.1) is 12.2 Å². The number of aliphatic hydroxyl groups excluding tert-OH is 1. The SMILES string of the molecule is C[C@@H]1O[C@H](N2C(=O)CCC2=O)[C@@H](O)[C@H](O[Si](C)(C)C(C)(C)C)[C@@H]1O[Si](C)(C)C(C)(C)C. The van der Waals surface area contributed by atoms with Crippen LogP contribution in [0.25, 0.3) is 0 Å². The summed E-state index contributed by atoms with van der Waals surface area (Å²) in [7, 11) is -4.51. The van der Waals surface area contributed by atoms with Crippen molar-refractivity contribution in [2.24, 2.45) is 0 Å². The molecule has 2 heterocycles. The Morgan fingerprint density at radius 3 is 1.65 bits per heavy atom. The van der Waals surface area contributed by atoms with E-state index in [1.165, 1.54) is 0 Å². The van der Waals surface area contributed by atoms with Crippen LogP contribution in [-0.4, -0.2) is 69.1 Å². The van der Waals surface area contributed by atoms with Crippen molar-refractivity contribution in [2.45, 2.75) is 128 Å². The van der Waals surface area contributed by atoms with Gasteiger partial charge in [-0.25, -0.2) is 0 Å². The van der Waals surface area contributed by atoms with E-state index in [2.05, 4.69) is 67.7 Å². The standard InChI is InChI=1S/C22H43NO6Si2/c1-14-18(28-30(8,9)21(2,3)4)19(29-31(10,11)22(5,6)7)17(26)20(27-14)23-15(24)12-13-16(23)25/h14,17-20,26H,12-13H2,1-11H3/t14-,17-,18+,19-,20-/m0/s1. The number of carbonyl (C=O) groups excluding carboxylic acids is 2. The number of rotatable bonds is 5. The lowest BCUT2D eigenvalue weighted by atomic mass is 9.98. The lowest BCUT2D eigenvalue weighted by Gasteiger charge is -2.52. The fourth-order valence-corrected chi connectivity index (χ4v) is 6.09. The molecule has 5 atom stereocenters. The molecule has 9 heteroatoms. The van der Waals surface area contributed by atoms with E-state index in [1.54, 1.807) is 0 Å². The van der Waals surface area contributed by atoms with E-state index < -0.39 is 47.3 Å². The summed E-state index contributed by atoms with van der Waals surface area (Å²) in [6.45, 7) is 23.4. The van der Waals surface area contributed by atoms with Crippen LogP contribution in [0.4, 0.5) is 0 Å². The summed E-state index contributed by atoms with van der Waals surface area (Å²) in [4.78, 5) is 25.9. The van der Waals surface area contributed by atoms with Crippen molar-refractivity contribution in [3.8, 4) is 0 Å². The first-order chi connectivity index (χ1) is 13.8. The summed E-state index contributed by atoms with van der Waals surface area (Å²) in [5.74, 6) is -0.618. The molecule has 0 unspecified atom stereocenters. The first-order valence-corrected chi connectivity index (χ1v) is 17.2. The number of likely N-dealkylation sites (tertiary alicyclic amines) is 1. The smallest absolute Gasteiger partial charge is 0.231 e. The normalized spacial score (nSPS) is 31.5. The number of aliphatic hydroxyl groups is 1. The van der Waals surface area contributed by atoms with Gasteiger partial charge in [0.25, 0.3) is 0 Å². The van der Waals surface area contributed by atoms with Crippen LogP contribution in [0.3, 0.4) is 0 Å². The molecule has 0 spiro atoms. The van der Waals surface area contributed by atoms with Crippen LogP contribution >= 0.6 is 0 Å². The van der Waals surface area contributed by atoms with Crippen LogP contribution < -0.4 is 0 Å². The highest BCUT2D eigenvalue weighted by atomic mass is 28.4. The lowest BCUT2D eigenvalue weighted by Crippen LogP contribution is -2.67. The Hall–Kier alpha value is -0.586. The van der Waals surface area contributed by atoms with Crippen molar-refractivity contribution in [3.63, 3.8) is 0 Å². The highest BCUT2D eigenvalue weighted by molar-refractivity contribution is 6.74. The fraction of sp³-hybridized carbons (Fsp3) is 0.909. The molecule has 2 aliphatic rings. The average molecular weight is 474 g/mol. The number of hydrogen-bond acceptors (Lipinski definition) is 6. The third-order valence-corrected chi connectivity index (χ3v) is 16.5. The molecular weight excluding hydrogens is 430 g/mol. The van der Waals surface area contributed by atoms with E-state index in [-0.39, 0.29) is 34.7 Å². The highest BCUT2D eigenvalue weighted by Gasteiger charge is 2.55. The van der Waals surface area contributed by atoms with Gasteiger partial charge in [0.15, 0.2) is 22.9 Å². The van der Waals surface area contributed by atoms with Gasteiger partial charge in [-0.3, -0.25) is 14.5 Å². The molecule has 31 heavy (non-hydrogen) atoms. The van der Waals surface area contributed by atoms with Gasteiger partial charge in [0.1, 0.15) is 12.2 Å². The molecule has 1 N–H and O–H groups in total. The molecule has 0 radical (unpaired) electrons. The Morgan fingerprint density at radius 1 is 0.871 bits per heavy atom. The van der Waals surface area contributed by atoms with Crippen LogP contribution in [0.1, 0.15) is 61.3 Å². The predicted molar refractivity (Wildman–Crippen MR) is 126 cm³/mol. The molecule has 180 valence electrons. The second-order valence-electron chi connectivity index (χ2n) is 12.1. The molecule has 0 aromatic rings. The molecule has 2 fully saturated rings. The molecule has 2 rings (SSSR count). The summed E-state index contributed by atoms with van der Waals surface area (Å²) in [5, 5.41) is 11.3. The Kier molecular flexibility index (Phi) is 7.44. The fourth-order valence-electron chi connectivity index (χ4n) is 3.43. The van der Waals surface area contributed by atoms with Gasteiger partial charge >= 0.3 is 0 Å². The Morgan fingerprint density at radius 2 is 1.26 bits per heavy atom. The molecule has 2 amide bonds. The summed E-state index contributed by atoms with van der Waals surface area (Å²) in [6, 6.07) is 0. The molecule has 7 nitrogen and oxygen atoms in total. The Balaban J connectivity index is 2.45. The topological polar surface area (TPSA) is 85.3 Å². The van der Waals surface area contributed by atoms with Crippen molar-refractivity contribution in [1.29, 1.82) is 0 Å². The van der Waals surface area contributed by atoms with E-state index >= 15 is 0 Å². The minimum absolute atomic E-state index is 0.0308. The number of amides is 2. The van der Waals surface area contributed by atoms with Gasteiger partial charge in [0, 0.05) is 12.8 Å². The second kappa shape index (κ2) is 8.64. The van der Waals surface area contributed by atoms with Gasteiger partial charge < -0.3 is 18.7 Å².